The highest BCUT2D eigenvalue weighted by atomic mass is 16.6. The van der Waals surface area contributed by atoms with E-state index in [0.29, 0.717) is 5.56 Å². The Morgan fingerprint density at radius 2 is 1.35 bits per heavy atom. The molecule has 0 fully saturated rings. The van der Waals surface area contributed by atoms with E-state index in [1.807, 2.05) is 84.9 Å². The minimum Gasteiger partial charge on any atom is -0.465 e. The van der Waals surface area contributed by atoms with Crippen LogP contribution >= 0.6 is 0 Å². The van der Waals surface area contributed by atoms with Crippen molar-refractivity contribution in [3.8, 4) is 0 Å². The molecule has 34 heavy (non-hydrogen) atoms. The maximum absolute atomic E-state index is 13.7. The summed E-state index contributed by atoms with van der Waals surface area (Å²) >= 11 is 0. The zero-order valence-electron chi connectivity index (χ0n) is 19.4. The first-order chi connectivity index (χ1) is 16.6. The zero-order chi connectivity index (χ0) is 24.0. The van der Waals surface area contributed by atoms with E-state index < -0.39 is 23.3 Å². The minimum absolute atomic E-state index is 0.157. The maximum atomic E-state index is 13.7. The molecule has 3 aromatic carbocycles. The first-order valence-electron chi connectivity index (χ1n) is 11.6. The molecular weight excluding hydrogens is 424 g/mol. The number of esters is 2. The molecule has 0 aliphatic heterocycles. The van der Waals surface area contributed by atoms with Crippen LogP contribution in [0.2, 0.25) is 0 Å². The second kappa shape index (κ2) is 10.3. The third-order valence-electron chi connectivity index (χ3n) is 6.09. The van der Waals surface area contributed by atoms with Crippen molar-refractivity contribution in [1.29, 1.82) is 0 Å². The van der Waals surface area contributed by atoms with E-state index in [1.165, 1.54) is 0 Å². The number of benzene rings is 3. The summed E-state index contributed by atoms with van der Waals surface area (Å²) < 4.78 is 11.1. The van der Waals surface area contributed by atoms with Crippen molar-refractivity contribution in [3.63, 3.8) is 0 Å². The number of ether oxygens (including phenoxy) is 2. The van der Waals surface area contributed by atoms with Gasteiger partial charge in [-0.25, -0.2) is 0 Å². The molecule has 3 aromatic rings. The monoisotopic (exact) mass is 452 g/mol. The van der Waals surface area contributed by atoms with Gasteiger partial charge in [0.15, 0.2) is 5.41 Å². The average Bonchev–Trinajstić information content (AvgIpc) is 2.87. The molecule has 0 spiro atoms. The molecule has 4 nitrogen and oxygen atoms in total. The van der Waals surface area contributed by atoms with E-state index in [2.05, 4.69) is 6.08 Å². The Kier molecular flexibility index (Phi) is 7.07. The van der Waals surface area contributed by atoms with E-state index in [0.717, 1.165) is 22.3 Å². The lowest BCUT2D eigenvalue weighted by molar-refractivity contribution is -0.165. The van der Waals surface area contributed by atoms with Crippen molar-refractivity contribution < 1.29 is 19.1 Å². The van der Waals surface area contributed by atoms with Crippen LogP contribution in [0.4, 0.5) is 0 Å². The van der Waals surface area contributed by atoms with Crippen LogP contribution in [0, 0.1) is 0 Å². The molecule has 4 rings (SSSR count). The fraction of sp³-hybridized carbons (Fsp3) is 0.200. The number of allylic oxidation sites excluding steroid dienone is 3. The number of carbonyl (C=O) groups excluding carboxylic acids is 2. The first-order valence-corrected chi connectivity index (χ1v) is 11.6. The van der Waals surface area contributed by atoms with Crippen LogP contribution in [0.1, 0.15) is 42.0 Å². The normalized spacial score (nSPS) is 16.1. The smallest absolute Gasteiger partial charge is 0.329 e. The molecule has 0 aromatic heterocycles. The van der Waals surface area contributed by atoms with Crippen molar-refractivity contribution >= 4 is 23.6 Å². The summed E-state index contributed by atoms with van der Waals surface area (Å²) in [5, 5.41) is 0. The topological polar surface area (TPSA) is 52.6 Å². The molecular formula is C30H28O4. The van der Waals surface area contributed by atoms with Crippen LogP contribution in [0.25, 0.3) is 11.6 Å². The molecule has 1 atom stereocenters. The van der Waals surface area contributed by atoms with Crippen LogP contribution in [0.15, 0.2) is 97.1 Å². The Bertz CT molecular complexity index is 1190. The van der Waals surface area contributed by atoms with Gasteiger partial charge in [0.2, 0.25) is 0 Å². The minimum atomic E-state index is -1.67. The highest BCUT2D eigenvalue weighted by Crippen LogP contribution is 2.47. The second-order valence-corrected chi connectivity index (χ2v) is 8.05. The van der Waals surface area contributed by atoms with Crippen LogP contribution in [-0.2, 0) is 24.5 Å². The molecule has 172 valence electrons. The van der Waals surface area contributed by atoms with Gasteiger partial charge in [0.25, 0.3) is 0 Å². The molecule has 0 amide bonds. The Morgan fingerprint density at radius 1 is 0.794 bits per heavy atom. The van der Waals surface area contributed by atoms with E-state index >= 15 is 0 Å². The molecule has 1 aliphatic rings. The number of hydrogen-bond donors (Lipinski definition) is 0. The predicted molar refractivity (Wildman–Crippen MR) is 134 cm³/mol. The lowest BCUT2D eigenvalue weighted by atomic mass is 9.64. The lowest BCUT2D eigenvalue weighted by Gasteiger charge is -2.38. The molecule has 0 bridgehead atoms. The zero-order valence-corrected chi connectivity index (χ0v) is 19.4. The van der Waals surface area contributed by atoms with Gasteiger partial charge in [-0.1, -0.05) is 97.1 Å². The Morgan fingerprint density at radius 3 is 1.97 bits per heavy atom. The summed E-state index contributed by atoms with van der Waals surface area (Å²) in [5.74, 6) is -1.82. The van der Waals surface area contributed by atoms with Crippen LogP contribution in [0.5, 0.6) is 0 Å². The summed E-state index contributed by atoms with van der Waals surface area (Å²) in [4.78, 5) is 27.4. The van der Waals surface area contributed by atoms with E-state index in [9.17, 15) is 9.59 Å². The van der Waals surface area contributed by atoms with E-state index in [1.54, 1.807) is 26.0 Å². The van der Waals surface area contributed by atoms with Gasteiger partial charge >= 0.3 is 11.9 Å². The summed E-state index contributed by atoms with van der Waals surface area (Å²) in [6.45, 7) is 3.79. The van der Waals surface area contributed by atoms with Gasteiger partial charge < -0.3 is 9.47 Å². The second-order valence-electron chi connectivity index (χ2n) is 8.05. The van der Waals surface area contributed by atoms with Crippen LogP contribution < -0.4 is 0 Å². The summed E-state index contributed by atoms with van der Waals surface area (Å²) in [6.07, 6.45) is 6.01. The Balaban J connectivity index is 1.95. The molecule has 0 saturated heterocycles. The summed E-state index contributed by atoms with van der Waals surface area (Å²) in [7, 11) is 0. The Labute approximate surface area is 200 Å². The van der Waals surface area contributed by atoms with Crippen molar-refractivity contribution in [2.75, 3.05) is 13.2 Å². The van der Waals surface area contributed by atoms with Crippen molar-refractivity contribution in [3.05, 3.63) is 119 Å². The average molecular weight is 453 g/mol. The van der Waals surface area contributed by atoms with Crippen LogP contribution in [-0.4, -0.2) is 25.2 Å². The van der Waals surface area contributed by atoms with Gasteiger partial charge in [-0.2, -0.15) is 0 Å². The van der Waals surface area contributed by atoms with Crippen molar-refractivity contribution in [2.45, 2.75) is 25.2 Å². The number of hydrogen-bond acceptors (Lipinski definition) is 4. The highest BCUT2D eigenvalue weighted by Gasteiger charge is 2.57. The molecule has 1 aliphatic carbocycles. The van der Waals surface area contributed by atoms with Gasteiger partial charge in [0, 0.05) is 5.92 Å². The number of carbonyl (C=O) groups is 2. The fourth-order valence-electron chi connectivity index (χ4n) is 4.60. The quantitative estimate of drug-likeness (QED) is 0.329. The third kappa shape index (κ3) is 4.19. The fourth-order valence-corrected chi connectivity index (χ4v) is 4.60. The summed E-state index contributed by atoms with van der Waals surface area (Å²) in [6, 6.07) is 27.0. The van der Waals surface area contributed by atoms with E-state index in [-0.39, 0.29) is 13.2 Å². The molecule has 0 N–H and O–H groups in total. The lowest BCUT2D eigenvalue weighted by Crippen LogP contribution is -2.51. The maximum Gasteiger partial charge on any atom is 0.329 e. The van der Waals surface area contributed by atoms with Gasteiger partial charge in [-0.15, -0.1) is 0 Å². The van der Waals surface area contributed by atoms with Crippen molar-refractivity contribution in [2.24, 2.45) is 0 Å². The standard InChI is InChI=1S/C30H28O4/c1-3-33-28(31)30(29(32)34-4-2,24-15-9-6-10-16-24)27-20-19-23(21-22-13-7-5-8-14-22)25-17-11-12-18-26(25)27/h5-21,27H,3-4H2,1-2H3/b23-21+. The van der Waals surface area contributed by atoms with Crippen LogP contribution in [0.3, 0.4) is 0 Å². The van der Waals surface area contributed by atoms with Gasteiger partial charge in [0.1, 0.15) is 0 Å². The molecule has 0 radical (unpaired) electrons. The Hall–Kier alpha value is -3.92. The van der Waals surface area contributed by atoms with Gasteiger partial charge in [-0.3, -0.25) is 9.59 Å². The largest absolute Gasteiger partial charge is 0.465 e. The number of fused-ring (bicyclic) bond motifs is 1. The van der Waals surface area contributed by atoms with Crippen molar-refractivity contribution in [1.82, 2.24) is 0 Å². The first kappa shape index (κ1) is 23.2. The van der Waals surface area contributed by atoms with Gasteiger partial charge in [-0.05, 0) is 47.8 Å². The molecule has 0 saturated carbocycles. The predicted octanol–water partition coefficient (Wildman–Crippen LogP) is 5.94. The number of rotatable bonds is 7. The van der Waals surface area contributed by atoms with E-state index in [4.69, 9.17) is 9.47 Å². The molecule has 0 heterocycles. The molecule has 1 unspecified atom stereocenters. The van der Waals surface area contributed by atoms with Gasteiger partial charge in [0.05, 0.1) is 13.2 Å². The summed E-state index contributed by atoms with van der Waals surface area (Å²) in [5.41, 5.74) is 2.79. The highest BCUT2D eigenvalue weighted by molar-refractivity contribution is 6.09. The molecule has 4 heteroatoms. The SMILES string of the molecule is CCOC(=O)C(C(=O)OCC)(c1ccccc1)C1C=C/C(=C\c2ccccc2)c2ccccc21. The third-order valence-corrected chi connectivity index (χ3v) is 6.09.